The molecule has 0 heterocycles. The normalized spacial score (nSPS) is 11.6. The molecule has 0 fully saturated rings. The zero-order valence-electron chi connectivity index (χ0n) is 12.6. The lowest BCUT2D eigenvalue weighted by atomic mass is 9.83. The highest BCUT2D eigenvalue weighted by molar-refractivity contribution is 5.67. The molecule has 2 heteroatoms. The van der Waals surface area contributed by atoms with Gasteiger partial charge in [-0.05, 0) is 35.8 Å². The van der Waals surface area contributed by atoms with Gasteiger partial charge in [-0.3, -0.25) is 0 Å². The van der Waals surface area contributed by atoms with E-state index in [2.05, 4.69) is 41.5 Å². The summed E-state index contributed by atoms with van der Waals surface area (Å²) in [6.45, 7) is 12.7. The van der Waals surface area contributed by atoms with Crippen molar-refractivity contribution in [2.45, 2.75) is 66.2 Å². The summed E-state index contributed by atoms with van der Waals surface area (Å²) in [5.41, 5.74) is 11.6. The van der Waals surface area contributed by atoms with Crippen LogP contribution in [0.4, 0.5) is 5.69 Å². The van der Waals surface area contributed by atoms with Crippen molar-refractivity contribution < 1.29 is 5.11 Å². The van der Waals surface area contributed by atoms with Crippen molar-refractivity contribution in [3.05, 3.63) is 22.3 Å². The van der Waals surface area contributed by atoms with Crippen molar-refractivity contribution in [1.82, 2.24) is 0 Å². The molecule has 0 unspecified atom stereocenters. The maximum atomic E-state index is 10.6. The van der Waals surface area contributed by atoms with Crippen molar-refractivity contribution in [2.24, 2.45) is 0 Å². The molecule has 102 valence electrons. The Morgan fingerprint density at radius 2 is 1.22 bits per heavy atom. The predicted octanol–water partition coefficient (Wildman–Crippen LogP) is 4.35. The van der Waals surface area contributed by atoms with Crippen molar-refractivity contribution in [1.29, 1.82) is 0 Å². The van der Waals surface area contributed by atoms with E-state index in [0.717, 1.165) is 40.8 Å². The minimum Gasteiger partial charge on any atom is -0.507 e. The van der Waals surface area contributed by atoms with Gasteiger partial charge in [0.15, 0.2) is 0 Å². The van der Waals surface area contributed by atoms with Crippen LogP contribution in [0.1, 0.15) is 75.6 Å². The largest absolute Gasteiger partial charge is 0.507 e. The summed E-state index contributed by atoms with van der Waals surface area (Å²) in [4.78, 5) is 0. The molecule has 0 atom stereocenters. The summed E-state index contributed by atoms with van der Waals surface area (Å²) < 4.78 is 0. The van der Waals surface area contributed by atoms with Gasteiger partial charge in [0, 0.05) is 16.8 Å². The molecular weight excluding hydrogens is 222 g/mol. The first-order chi connectivity index (χ1) is 8.36. The van der Waals surface area contributed by atoms with Gasteiger partial charge in [0.2, 0.25) is 0 Å². The number of hydrogen-bond acceptors (Lipinski definition) is 2. The second-order valence-electron chi connectivity index (χ2n) is 5.56. The topological polar surface area (TPSA) is 46.2 Å². The lowest BCUT2D eigenvalue weighted by Crippen LogP contribution is -2.10. The Morgan fingerprint density at radius 1 is 0.889 bits per heavy atom. The Balaban J connectivity index is 3.74. The molecule has 0 aliphatic rings. The van der Waals surface area contributed by atoms with E-state index >= 15 is 0 Å². The molecule has 2 nitrogen and oxygen atoms in total. The monoisotopic (exact) mass is 249 g/mol. The average Bonchev–Trinajstić information content (AvgIpc) is 2.29. The van der Waals surface area contributed by atoms with Gasteiger partial charge in [0.1, 0.15) is 5.75 Å². The number of nitrogen functional groups attached to an aromatic ring is 1. The molecule has 0 bridgehead atoms. The molecule has 18 heavy (non-hydrogen) atoms. The van der Waals surface area contributed by atoms with Crippen LogP contribution in [0.3, 0.4) is 0 Å². The molecule has 3 N–H and O–H groups in total. The van der Waals surface area contributed by atoms with Gasteiger partial charge >= 0.3 is 0 Å². The Bertz CT molecular complexity index is 396. The van der Waals surface area contributed by atoms with Gasteiger partial charge in [-0.2, -0.15) is 0 Å². The molecule has 0 aromatic heterocycles. The predicted molar refractivity (Wildman–Crippen MR) is 79.5 cm³/mol. The van der Waals surface area contributed by atoms with Gasteiger partial charge in [0.05, 0.1) is 0 Å². The standard InChI is InChI=1S/C16H27NO/c1-7-11-13(9(3)4)16(18)14(10(5)6)12(8-2)15(11)17/h9-10,18H,7-8,17H2,1-6H3. The van der Waals surface area contributed by atoms with Crippen LogP contribution in [0.25, 0.3) is 0 Å². The lowest BCUT2D eigenvalue weighted by molar-refractivity contribution is 0.452. The first-order valence-electron chi connectivity index (χ1n) is 7.02. The highest BCUT2D eigenvalue weighted by Gasteiger charge is 2.23. The van der Waals surface area contributed by atoms with Crippen LogP contribution in [0, 0.1) is 0 Å². The van der Waals surface area contributed by atoms with E-state index in [9.17, 15) is 5.11 Å². The SMILES string of the molecule is CCc1c(N)c(CC)c(C(C)C)c(O)c1C(C)C. The van der Waals surface area contributed by atoms with Crippen LogP contribution >= 0.6 is 0 Å². The molecule has 0 saturated heterocycles. The van der Waals surface area contributed by atoms with Gasteiger partial charge < -0.3 is 10.8 Å². The van der Waals surface area contributed by atoms with E-state index in [0.29, 0.717) is 17.6 Å². The van der Waals surface area contributed by atoms with E-state index in [4.69, 9.17) is 5.73 Å². The number of aromatic hydroxyl groups is 1. The minimum absolute atomic E-state index is 0.297. The summed E-state index contributed by atoms with van der Waals surface area (Å²) in [6, 6.07) is 0. The first kappa shape index (κ1) is 14.9. The van der Waals surface area contributed by atoms with Gasteiger partial charge in [0.25, 0.3) is 0 Å². The maximum absolute atomic E-state index is 10.6. The fourth-order valence-corrected chi connectivity index (χ4v) is 2.91. The van der Waals surface area contributed by atoms with Crippen molar-refractivity contribution in [3.63, 3.8) is 0 Å². The Kier molecular flexibility index (Phi) is 4.66. The Labute approximate surface area is 111 Å². The number of benzene rings is 1. The van der Waals surface area contributed by atoms with Gasteiger partial charge in [-0.25, -0.2) is 0 Å². The summed E-state index contributed by atoms with van der Waals surface area (Å²) in [7, 11) is 0. The first-order valence-corrected chi connectivity index (χ1v) is 7.02. The molecule has 0 saturated carbocycles. The fraction of sp³-hybridized carbons (Fsp3) is 0.625. The van der Waals surface area contributed by atoms with E-state index < -0.39 is 0 Å². The third-order valence-corrected chi connectivity index (χ3v) is 3.67. The molecule has 0 aliphatic carbocycles. The van der Waals surface area contributed by atoms with E-state index in [1.807, 2.05) is 0 Å². The van der Waals surface area contributed by atoms with Crippen LogP contribution < -0.4 is 5.73 Å². The van der Waals surface area contributed by atoms with E-state index in [-0.39, 0.29) is 0 Å². The second-order valence-corrected chi connectivity index (χ2v) is 5.56. The highest BCUT2D eigenvalue weighted by Crippen LogP contribution is 2.42. The third kappa shape index (κ3) is 2.33. The second kappa shape index (κ2) is 5.64. The van der Waals surface area contributed by atoms with E-state index in [1.165, 1.54) is 0 Å². The zero-order chi connectivity index (χ0) is 14.0. The Hall–Kier alpha value is -1.18. The van der Waals surface area contributed by atoms with Crippen LogP contribution in [-0.2, 0) is 12.8 Å². The van der Waals surface area contributed by atoms with Crippen molar-refractivity contribution in [2.75, 3.05) is 5.73 Å². The number of rotatable bonds is 4. The Morgan fingerprint density at radius 3 is 1.44 bits per heavy atom. The number of phenols is 1. The lowest BCUT2D eigenvalue weighted by Gasteiger charge is -2.24. The fourth-order valence-electron chi connectivity index (χ4n) is 2.91. The maximum Gasteiger partial charge on any atom is 0.123 e. The molecular formula is C16H27NO. The quantitative estimate of drug-likeness (QED) is 0.615. The van der Waals surface area contributed by atoms with Crippen LogP contribution in [0.5, 0.6) is 5.75 Å². The van der Waals surface area contributed by atoms with Crippen LogP contribution in [0.2, 0.25) is 0 Å². The number of hydrogen-bond donors (Lipinski definition) is 2. The molecule has 0 amide bonds. The van der Waals surface area contributed by atoms with Crippen molar-refractivity contribution in [3.8, 4) is 5.75 Å². The summed E-state index contributed by atoms with van der Waals surface area (Å²) in [5.74, 6) is 1.07. The zero-order valence-corrected chi connectivity index (χ0v) is 12.6. The summed E-state index contributed by atoms with van der Waals surface area (Å²) >= 11 is 0. The smallest absolute Gasteiger partial charge is 0.123 e. The number of phenolic OH excluding ortho intramolecular Hbond substituents is 1. The third-order valence-electron chi connectivity index (χ3n) is 3.67. The highest BCUT2D eigenvalue weighted by atomic mass is 16.3. The molecule has 1 aromatic rings. The number of anilines is 1. The summed E-state index contributed by atoms with van der Waals surface area (Å²) in [6.07, 6.45) is 1.75. The van der Waals surface area contributed by atoms with Gasteiger partial charge in [-0.1, -0.05) is 41.5 Å². The molecule has 0 radical (unpaired) electrons. The van der Waals surface area contributed by atoms with Crippen LogP contribution in [0.15, 0.2) is 0 Å². The summed E-state index contributed by atoms with van der Waals surface area (Å²) in [5, 5.41) is 10.6. The minimum atomic E-state index is 0.297. The number of nitrogens with two attached hydrogens (primary N) is 1. The van der Waals surface area contributed by atoms with Gasteiger partial charge in [-0.15, -0.1) is 0 Å². The molecule has 0 aliphatic heterocycles. The molecule has 1 rings (SSSR count). The van der Waals surface area contributed by atoms with Crippen LogP contribution in [-0.4, -0.2) is 5.11 Å². The van der Waals surface area contributed by atoms with Crippen molar-refractivity contribution >= 4 is 5.69 Å². The average molecular weight is 249 g/mol. The molecule has 0 spiro atoms. The van der Waals surface area contributed by atoms with E-state index in [1.54, 1.807) is 0 Å². The molecule has 1 aromatic carbocycles.